The van der Waals surface area contributed by atoms with Gasteiger partial charge in [-0.25, -0.2) is 4.57 Å². The zero-order valence-electron chi connectivity index (χ0n) is 35.0. The van der Waals surface area contributed by atoms with E-state index in [1.54, 1.807) is 6.08 Å². The summed E-state index contributed by atoms with van der Waals surface area (Å²) in [6.45, 7) is 4.08. The summed E-state index contributed by atoms with van der Waals surface area (Å²) >= 11 is 0. The fraction of sp³-hybridized carbons (Fsp3) is 0.800. The number of nitrogens with two attached hydrogens (primary N) is 1. The van der Waals surface area contributed by atoms with Crippen LogP contribution in [0, 0.1) is 0 Å². The molecule has 0 aliphatic rings. The number of phosphoric ester groups is 1. The topological polar surface area (TPSA) is 131 Å². The Morgan fingerprint density at radius 1 is 0.611 bits per heavy atom. The van der Waals surface area contributed by atoms with Crippen LogP contribution in [0.3, 0.4) is 0 Å². The molecule has 0 aliphatic carbocycles. The van der Waals surface area contributed by atoms with Gasteiger partial charge in [-0.1, -0.05) is 178 Å². The third kappa shape index (κ3) is 38.7. The van der Waals surface area contributed by atoms with Crippen molar-refractivity contribution in [2.24, 2.45) is 5.73 Å². The number of amides is 1. The minimum Gasteiger partial charge on any atom is -0.387 e. The number of allylic oxidation sites excluding steroid dienone is 7. The average Bonchev–Trinajstić information content (AvgIpc) is 3.16. The minimum atomic E-state index is -4.35. The normalized spacial score (nSPS) is 14.5. The lowest BCUT2D eigenvalue weighted by molar-refractivity contribution is -0.123. The Kier molecular flexibility index (Phi) is 39.9. The number of hydrogen-bond acceptors (Lipinski definition) is 6. The van der Waals surface area contributed by atoms with Gasteiger partial charge < -0.3 is 21.1 Å². The van der Waals surface area contributed by atoms with Gasteiger partial charge in [0, 0.05) is 13.0 Å². The van der Waals surface area contributed by atoms with Gasteiger partial charge in [0.25, 0.3) is 0 Å². The zero-order chi connectivity index (χ0) is 39.6. The van der Waals surface area contributed by atoms with Crippen LogP contribution in [0.4, 0.5) is 0 Å². The molecule has 0 fully saturated rings. The molecule has 8 nitrogen and oxygen atoms in total. The average molecular weight is 781 g/mol. The van der Waals surface area contributed by atoms with E-state index in [0.29, 0.717) is 6.42 Å². The molecule has 0 saturated carbocycles. The molecule has 0 aromatic heterocycles. The van der Waals surface area contributed by atoms with Gasteiger partial charge in [-0.2, -0.15) is 0 Å². The molecule has 0 bridgehead atoms. The van der Waals surface area contributed by atoms with Crippen LogP contribution in [-0.2, 0) is 18.4 Å². The number of phosphoric acid groups is 1. The van der Waals surface area contributed by atoms with Crippen LogP contribution < -0.4 is 11.1 Å². The fourth-order valence-corrected chi connectivity index (χ4v) is 7.00. The van der Waals surface area contributed by atoms with Crippen molar-refractivity contribution in [1.82, 2.24) is 5.32 Å². The van der Waals surface area contributed by atoms with E-state index >= 15 is 0 Å². The van der Waals surface area contributed by atoms with E-state index in [9.17, 15) is 19.4 Å². The van der Waals surface area contributed by atoms with Crippen molar-refractivity contribution in [3.05, 3.63) is 48.6 Å². The van der Waals surface area contributed by atoms with Crippen molar-refractivity contribution in [3.63, 3.8) is 0 Å². The molecule has 1 amide bonds. The number of aliphatic hydroxyl groups excluding tert-OH is 1. The number of carbonyl (C=O) groups excluding carboxylic acids is 1. The Morgan fingerprint density at radius 2 is 1.04 bits per heavy atom. The maximum atomic E-state index is 12.7. The van der Waals surface area contributed by atoms with E-state index in [0.717, 1.165) is 44.9 Å². The standard InChI is InChI=1S/C45H85N2O6P/c1-3-5-7-9-11-13-15-17-18-19-20-21-22-23-24-25-26-27-29-31-33-35-37-39-45(49)47-43(42-53-54(50,51)52-41-40-46)44(48)38-36-34-32-30-28-16-14-12-10-8-6-4-2/h15,17,19-20,28,30,36,38,43-44,48H,3-14,16,18,21-27,29,31-35,37,39-42,46H2,1-2H3,(H,47,49)(H,50,51)/b17-15-,20-19-,30-28+,38-36+. The van der Waals surface area contributed by atoms with E-state index in [1.807, 2.05) is 6.08 Å². The van der Waals surface area contributed by atoms with Crippen LogP contribution in [0.5, 0.6) is 0 Å². The van der Waals surface area contributed by atoms with Crippen molar-refractivity contribution < 1.29 is 28.4 Å². The molecule has 3 atom stereocenters. The first-order valence-electron chi connectivity index (χ1n) is 22.3. The van der Waals surface area contributed by atoms with E-state index in [1.165, 1.54) is 135 Å². The molecule has 0 rings (SSSR count). The van der Waals surface area contributed by atoms with Crippen molar-refractivity contribution in [1.29, 1.82) is 0 Å². The Bertz CT molecular complexity index is 985. The molecule has 0 aliphatic heterocycles. The number of carbonyl (C=O) groups is 1. The van der Waals surface area contributed by atoms with Crippen LogP contribution in [0.1, 0.15) is 200 Å². The van der Waals surface area contributed by atoms with Crippen LogP contribution in [0.15, 0.2) is 48.6 Å². The molecule has 5 N–H and O–H groups in total. The third-order valence-corrected chi connectivity index (χ3v) is 10.6. The van der Waals surface area contributed by atoms with E-state index in [2.05, 4.69) is 55.6 Å². The number of hydrogen-bond donors (Lipinski definition) is 4. The van der Waals surface area contributed by atoms with Crippen LogP contribution in [0.2, 0.25) is 0 Å². The molecule has 316 valence electrons. The summed E-state index contributed by atoms with van der Waals surface area (Å²) in [5.41, 5.74) is 5.37. The lowest BCUT2D eigenvalue weighted by Gasteiger charge is -2.23. The third-order valence-electron chi connectivity index (χ3n) is 9.63. The predicted molar refractivity (Wildman–Crippen MR) is 231 cm³/mol. The molecule has 0 aromatic carbocycles. The van der Waals surface area contributed by atoms with Crippen LogP contribution in [-0.4, -0.2) is 47.8 Å². The van der Waals surface area contributed by atoms with Crippen LogP contribution >= 0.6 is 7.82 Å². The molecule has 0 aromatic rings. The molecule has 0 heterocycles. The number of unbranched alkanes of at least 4 members (excludes halogenated alkanes) is 23. The SMILES string of the molecule is CCCCCCC/C=C\C/C=C\CCCCCCCCCCCCCC(=O)NC(COP(=O)(O)OCCN)C(O)/C=C/CC/C=C/CCCCCCCC. The van der Waals surface area contributed by atoms with Gasteiger partial charge in [-0.3, -0.25) is 13.8 Å². The van der Waals surface area contributed by atoms with Crippen LogP contribution in [0.25, 0.3) is 0 Å². The zero-order valence-corrected chi connectivity index (χ0v) is 35.8. The maximum absolute atomic E-state index is 12.7. The summed E-state index contributed by atoms with van der Waals surface area (Å²) in [6.07, 6.45) is 50.2. The van der Waals surface area contributed by atoms with Gasteiger partial charge >= 0.3 is 7.82 Å². The molecule has 9 heteroatoms. The van der Waals surface area contributed by atoms with Gasteiger partial charge in [0.1, 0.15) is 0 Å². The summed E-state index contributed by atoms with van der Waals surface area (Å²) in [6, 6.07) is -0.877. The van der Waals surface area contributed by atoms with E-state index in [4.69, 9.17) is 14.8 Å². The largest absolute Gasteiger partial charge is 0.472 e. The lowest BCUT2D eigenvalue weighted by Crippen LogP contribution is -2.45. The van der Waals surface area contributed by atoms with E-state index < -0.39 is 20.0 Å². The van der Waals surface area contributed by atoms with Gasteiger partial charge in [0.05, 0.1) is 25.4 Å². The molecular weight excluding hydrogens is 695 g/mol. The highest BCUT2D eigenvalue weighted by Crippen LogP contribution is 2.43. The van der Waals surface area contributed by atoms with Crippen molar-refractivity contribution in [3.8, 4) is 0 Å². The molecule has 0 saturated heterocycles. The van der Waals surface area contributed by atoms with Crippen molar-refractivity contribution in [2.45, 2.75) is 212 Å². The molecule has 0 spiro atoms. The Hall–Kier alpha value is -1.54. The first kappa shape index (κ1) is 52.5. The summed E-state index contributed by atoms with van der Waals surface area (Å²) in [7, 11) is -4.35. The van der Waals surface area contributed by atoms with Crippen molar-refractivity contribution in [2.75, 3.05) is 19.8 Å². The molecular formula is C45H85N2O6P. The number of aliphatic hydroxyl groups is 1. The first-order chi connectivity index (χ1) is 26.4. The fourth-order valence-electron chi connectivity index (χ4n) is 6.24. The summed E-state index contributed by atoms with van der Waals surface area (Å²) < 4.78 is 22.1. The van der Waals surface area contributed by atoms with E-state index in [-0.39, 0.29) is 25.7 Å². The predicted octanol–water partition coefficient (Wildman–Crippen LogP) is 12.5. The Morgan fingerprint density at radius 3 is 1.54 bits per heavy atom. The smallest absolute Gasteiger partial charge is 0.387 e. The second-order valence-corrected chi connectivity index (χ2v) is 16.3. The summed E-state index contributed by atoms with van der Waals surface area (Å²) in [5, 5.41) is 13.6. The molecule has 0 radical (unpaired) electrons. The van der Waals surface area contributed by atoms with Crippen molar-refractivity contribution >= 4 is 13.7 Å². The second-order valence-electron chi connectivity index (χ2n) is 14.9. The minimum absolute atomic E-state index is 0.0726. The number of rotatable bonds is 41. The molecule has 54 heavy (non-hydrogen) atoms. The van der Waals surface area contributed by atoms with Gasteiger partial charge in [-0.15, -0.1) is 0 Å². The van der Waals surface area contributed by atoms with Gasteiger partial charge in [0.15, 0.2) is 0 Å². The second kappa shape index (κ2) is 41.1. The Labute approximate surface area is 332 Å². The molecule has 3 unspecified atom stereocenters. The van der Waals surface area contributed by atoms with Gasteiger partial charge in [-0.05, 0) is 64.2 Å². The highest BCUT2D eigenvalue weighted by molar-refractivity contribution is 7.47. The Balaban J connectivity index is 4.14. The quantitative estimate of drug-likeness (QED) is 0.0276. The monoisotopic (exact) mass is 781 g/mol. The highest BCUT2D eigenvalue weighted by Gasteiger charge is 2.26. The van der Waals surface area contributed by atoms with Gasteiger partial charge in [0.2, 0.25) is 5.91 Å². The summed E-state index contributed by atoms with van der Waals surface area (Å²) in [5.74, 6) is -0.208. The lowest BCUT2D eigenvalue weighted by atomic mass is 10.0. The maximum Gasteiger partial charge on any atom is 0.472 e. The summed E-state index contributed by atoms with van der Waals surface area (Å²) in [4.78, 5) is 22.7. The highest BCUT2D eigenvalue weighted by atomic mass is 31.2. The first-order valence-corrected chi connectivity index (χ1v) is 23.8. The number of nitrogens with one attached hydrogen (secondary N) is 1.